The second kappa shape index (κ2) is 5.35. The maximum atomic E-state index is 6.13. The Morgan fingerprint density at radius 1 is 1.19 bits per heavy atom. The van der Waals surface area contributed by atoms with Gasteiger partial charge in [0.2, 0.25) is 5.95 Å². The molecule has 0 spiro atoms. The molecule has 3 aromatic rings. The number of methoxy groups -OCH3 is 1. The highest BCUT2D eigenvalue weighted by Crippen LogP contribution is 2.36. The normalized spacial score (nSPS) is 11.0. The van der Waals surface area contributed by atoms with Gasteiger partial charge in [-0.1, -0.05) is 12.1 Å². The molecule has 2 N–H and O–H groups in total. The van der Waals surface area contributed by atoms with Crippen LogP contribution in [0.5, 0.6) is 5.75 Å². The van der Waals surface area contributed by atoms with E-state index < -0.39 is 0 Å². The molecule has 6 heteroatoms. The number of para-hydroxylation sites is 1. The molecule has 2 aromatic carbocycles. The predicted molar refractivity (Wildman–Crippen MR) is 92.2 cm³/mol. The summed E-state index contributed by atoms with van der Waals surface area (Å²) in [6.45, 7) is 2.05. The Balaban J connectivity index is 2.38. The standard InChI is InChI=1S/C15H13Br2N3O/c1-8-4-3-5-11-14(8)20(15(18)19-11)12-7-13(21-2)10(17)6-9(12)16/h3-7H,1-2H3,(H2,18,19). The fraction of sp³-hybridized carbons (Fsp3) is 0.133. The van der Waals surface area contributed by atoms with Crippen molar-refractivity contribution >= 4 is 48.8 Å². The number of halogens is 2. The molecule has 0 aliphatic rings. The molecule has 0 bridgehead atoms. The molecule has 0 saturated carbocycles. The molecule has 0 atom stereocenters. The van der Waals surface area contributed by atoms with Gasteiger partial charge in [-0.15, -0.1) is 0 Å². The summed E-state index contributed by atoms with van der Waals surface area (Å²) in [6.07, 6.45) is 0. The Labute approximate surface area is 139 Å². The van der Waals surface area contributed by atoms with Crippen LogP contribution in [0.15, 0.2) is 39.3 Å². The van der Waals surface area contributed by atoms with Crippen molar-refractivity contribution in [3.63, 3.8) is 0 Å². The number of benzene rings is 2. The monoisotopic (exact) mass is 409 g/mol. The van der Waals surface area contributed by atoms with Crippen LogP contribution in [-0.4, -0.2) is 16.7 Å². The lowest BCUT2D eigenvalue weighted by molar-refractivity contribution is 0.412. The Hall–Kier alpha value is -1.53. The van der Waals surface area contributed by atoms with Crippen LogP contribution in [0.25, 0.3) is 16.7 Å². The Morgan fingerprint density at radius 2 is 1.95 bits per heavy atom. The fourth-order valence-corrected chi connectivity index (χ4v) is 3.74. The first-order valence-electron chi connectivity index (χ1n) is 6.30. The van der Waals surface area contributed by atoms with E-state index in [-0.39, 0.29) is 0 Å². The zero-order valence-electron chi connectivity index (χ0n) is 11.5. The minimum Gasteiger partial charge on any atom is -0.495 e. The molecule has 21 heavy (non-hydrogen) atoms. The van der Waals surface area contributed by atoms with E-state index in [9.17, 15) is 0 Å². The van der Waals surface area contributed by atoms with Crippen LogP contribution in [0.2, 0.25) is 0 Å². The number of anilines is 1. The lowest BCUT2D eigenvalue weighted by Gasteiger charge is -2.13. The highest BCUT2D eigenvalue weighted by molar-refractivity contribution is 9.11. The second-order valence-corrected chi connectivity index (χ2v) is 6.39. The van der Waals surface area contributed by atoms with Gasteiger partial charge in [-0.2, -0.15) is 0 Å². The van der Waals surface area contributed by atoms with Crippen molar-refractivity contribution in [1.29, 1.82) is 0 Å². The zero-order valence-corrected chi connectivity index (χ0v) is 14.7. The molecular formula is C15H13Br2N3O. The van der Waals surface area contributed by atoms with Crippen LogP contribution in [0.4, 0.5) is 5.95 Å². The van der Waals surface area contributed by atoms with Crippen molar-refractivity contribution in [2.75, 3.05) is 12.8 Å². The van der Waals surface area contributed by atoms with Gasteiger partial charge in [0.05, 0.1) is 28.3 Å². The molecule has 0 aliphatic carbocycles. The molecule has 3 rings (SSSR count). The smallest absolute Gasteiger partial charge is 0.205 e. The number of nitrogens with zero attached hydrogens (tertiary/aromatic N) is 2. The molecule has 0 fully saturated rings. The number of nitrogen functional groups attached to an aromatic ring is 1. The van der Waals surface area contributed by atoms with Gasteiger partial charge in [0, 0.05) is 10.5 Å². The average Bonchev–Trinajstić information content (AvgIpc) is 2.77. The van der Waals surface area contributed by atoms with Gasteiger partial charge in [-0.05, 0) is 56.5 Å². The number of nitrogens with two attached hydrogens (primary N) is 1. The summed E-state index contributed by atoms with van der Waals surface area (Å²) in [6, 6.07) is 9.85. The zero-order chi connectivity index (χ0) is 15.1. The maximum absolute atomic E-state index is 6.13. The second-order valence-electron chi connectivity index (χ2n) is 4.69. The number of ether oxygens (including phenoxy) is 1. The van der Waals surface area contributed by atoms with Crippen molar-refractivity contribution in [2.24, 2.45) is 0 Å². The molecule has 108 valence electrons. The van der Waals surface area contributed by atoms with Gasteiger partial charge in [-0.25, -0.2) is 4.98 Å². The van der Waals surface area contributed by atoms with E-state index in [4.69, 9.17) is 10.5 Å². The van der Waals surface area contributed by atoms with E-state index >= 15 is 0 Å². The van der Waals surface area contributed by atoms with E-state index in [1.807, 2.05) is 41.8 Å². The molecule has 1 heterocycles. The molecular weight excluding hydrogens is 398 g/mol. The number of imidazole rings is 1. The average molecular weight is 411 g/mol. The number of rotatable bonds is 2. The summed E-state index contributed by atoms with van der Waals surface area (Å²) in [5.74, 6) is 1.19. The summed E-state index contributed by atoms with van der Waals surface area (Å²) in [5.41, 5.74) is 10.0. The molecule has 1 aromatic heterocycles. The summed E-state index contributed by atoms with van der Waals surface area (Å²) < 4.78 is 9.10. The van der Waals surface area contributed by atoms with Gasteiger partial charge in [0.1, 0.15) is 5.75 Å². The number of hydrogen-bond donors (Lipinski definition) is 1. The van der Waals surface area contributed by atoms with Crippen LogP contribution in [-0.2, 0) is 0 Å². The van der Waals surface area contributed by atoms with Crippen LogP contribution in [0.3, 0.4) is 0 Å². The van der Waals surface area contributed by atoms with E-state index in [1.165, 1.54) is 0 Å². The lowest BCUT2D eigenvalue weighted by Crippen LogP contribution is -2.03. The molecule has 0 radical (unpaired) electrons. The minimum atomic E-state index is 0.448. The summed E-state index contributed by atoms with van der Waals surface area (Å²) in [4.78, 5) is 4.44. The van der Waals surface area contributed by atoms with Crippen molar-refractivity contribution < 1.29 is 4.74 Å². The van der Waals surface area contributed by atoms with Gasteiger partial charge in [-0.3, -0.25) is 4.57 Å². The van der Waals surface area contributed by atoms with E-state index in [2.05, 4.69) is 36.8 Å². The SMILES string of the molecule is COc1cc(-n2c(N)nc3cccc(C)c32)c(Br)cc1Br. The van der Waals surface area contributed by atoms with Crippen LogP contribution < -0.4 is 10.5 Å². The fourth-order valence-electron chi connectivity index (χ4n) is 2.40. The minimum absolute atomic E-state index is 0.448. The van der Waals surface area contributed by atoms with Gasteiger partial charge >= 0.3 is 0 Å². The summed E-state index contributed by atoms with van der Waals surface area (Å²) in [7, 11) is 1.64. The molecule has 0 unspecified atom stereocenters. The first-order chi connectivity index (χ1) is 10.0. The number of fused-ring (bicyclic) bond motifs is 1. The van der Waals surface area contributed by atoms with E-state index in [1.54, 1.807) is 7.11 Å². The predicted octanol–water partition coefficient (Wildman–Crippen LogP) is 4.45. The number of aryl methyl sites for hydroxylation is 1. The van der Waals surface area contributed by atoms with Crippen LogP contribution >= 0.6 is 31.9 Å². The highest BCUT2D eigenvalue weighted by atomic mass is 79.9. The number of hydrogen-bond acceptors (Lipinski definition) is 3. The topological polar surface area (TPSA) is 53.1 Å². The van der Waals surface area contributed by atoms with Gasteiger partial charge in [0.25, 0.3) is 0 Å². The highest BCUT2D eigenvalue weighted by Gasteiger charge is 2.16. The largest absolute Gasteiger partial charge is 0.495 e. The van der Waals surface area contributed by atoms with Crippen molar-refractivity contribution in [3.05, 3.63) is 44.8 Å². The lowest BCUT2D eigenvalue weighted by atomic mass is 10.2. The van der Waals surface area contributed by atoms with Crippen molar-refractivity contribution in [2.45, 2.75) is 6.92 Å². The quantitative estimate of drug-likeness (QED) is 0.678. The Morgan fingerprint density at radius 3 is 2.67 bits per heavy atom. The van der Waals surface area contributed by atoms with Crippen LogP contribution in [0.1, 0.15) is 5.56 Å². The summed E-state index contributed by atoms with van der Waals surface area (Å²) in [5, 5.41) is 0. The maximum Gasteiger partial charge on any atom is 0.205 e. The van der Waals surface area contributed by atoms with Gasteiger partial charge < -0.3 is 10.5 Å². The first-order valence-corrected chi connectivity index (χ1v) is 7.88. The summed E-state index contributed by atoms with van der Waals surface area (Å²) >= 11 is 7.06. The van der Waals surface area contributed by atoms with Crippen molar-refractivity contribution in [3.8, 4) is 11.4 Å². The Bertz CT molecular complexity index is 843. The van der Waals surface area contributed by atoms with Gasteiger partial charge in [0.15, 0.2) is 0 Å². The molecule has 0 saturated heterocycles. The third kappa shape index (κ3) is 2.32. The molecule has 0 aliphatic heterocycles. The third-order valence-corrected chi connectivity index (χ3v) is 4.62. The third-order valence-electron chi connectivity index (χ3n) is 3.37. The molecule has 4 nitrogen and oxygen atoms in total. The Kier molecular flexibility index (Phi) is 3.67. The first kappa shape index (κ1) is 14.4. The molecule has 0 amide bonds. The van der Waals surface area contributed by atoms with E-state index in [0.29, 0.717) is 5.95 Å². The van der Waals surface area contributed by atoms with Crippen molar-refractivity contribution in [1.82, 2.24) is 9.55 Å². The van der Waals surface area contributed by atoms with Crippen LogP contribution in [0, 0.1) is 6.92 Å². The van der Waals surface area contributed by atoms with E-state index in [0.717, 1.165) is 37.0 Å². The number of aromatic nitrogens is 2.